The Bertz CT molecular complexity index is 581. The third-order valence-electron chi connectivity index (χ3n) is 3.22. The Labute approximate surface area is 123 Å². The number of carbonyl (C=O) groups excluding carboxylic acids is 1. The number of thiazole rings is 1. The highest BCUT2D eigenvalue weighted by Crippen LogP contribution is 2.21. The minimum Gasteiger partial charge on any atom is -0.388 e. The number of benzene rings is 1. The van der Waals surface area contributed by atoms with Crippen LogP contribution in [0.15, 0.2) is 29.8 Å². The number of rotatable bonds is 5. The molecule has 0 saturated heterocycles. The summed E-state index contributed by atoms with van der Waals surface area (Å²) < 4.78 is 0. The van der Waals surface area contributed by atoms with Crippen LogP contribution in [0.4, 0.5) is 5.69 Å². The molecule has 0 bridgehead atoms. The second-order valence-electron chi connectivity index (χ2n) is 4.58. The van der Waals surface area contributed by atoms with Crippen LogP contribution in [0, 0.1) is 6.92 Å². The summed E-state index contributed by atoms with van der Waals surface area (Å²) in [6.45, 7) is 3.99. The molecule has 1 heterocycles. The highest BCUT2D eigenvalue weighted by molar-refractivity contribution is 7.09. The second kappa shape index (κ2) is 6.52. The molecule has 2 N–H and O–H groups in total. The molecule has 0 aliphatic carbocycles. The Morgan fingerprint density at radius 1 is 1.45 bits per heavy atom. The highest BCUT2D eigenvalue weighted by Gasteiger charge is 2.17. The minimum absolute atomic E-state index is 0.0223. The normalized spacial score (nSPS) is 11.9. The maximum Gasteiger partial charge on any atom is 0.252 e. The molecule has 4 nitrogen and oxygen atoms in total. The van der Waals surface area contributed by atoms with E-state index >= 15 is 0 Å². The lowest BCUT2D eigenvalue weighted by atomic mass is 10.1. The van der Waals surface area contributed by atoms with Gasteiger partial charge in [0.05, 0.1) is 6.04 Å². The zero-order valence-electron chi connectivity index (χ0n) is 11.9. The number of aryl methyl sites for hydroxylation is 1. The molecule has 2 rings (SSSR count). The van der Waals surface area contributed by atoms with Gasteiger partial charge in [0.15, 0.2) is 0 Å². The number of hydrogen-bond acceptors (Lipinski definition) is 4. The van der Waals surface area contributed by atoms with Crippen molar-refractivity contribution < 1.29 is 4.79 Å². The Morgan fingerprint density at radius 3 is 2.80 bits per heavy atom. The lowest BCUT2D eigenvalue weighted by molar-refractivity contribution is 0.0935. The Morgan fingerprint density at radius 2 is 2.25 bits per heavy atom. The van der Waals surface area contributed by atoms with Crippen LogP contribution < -0.4 is 10.6 Å². The standard InChI is InChI=1S/C15H19N3OS/c1-4-13(15-17-7-8-20-15)18-14(19)12-6-5-11(16-3)9-10(12)2/h5-9,13,16H,4H2,1-3H3,(H,18,19). The van der Waals surface area contributed by atoms with E-state index in [1.54, 1.807) is 17.5 Å². The van der Waals surface area contributed by atoms with Crippen molar-refractivity contribution in [2.24, 2.45) is 0 Å². The molecule has 1 aromatic carbocycles. The van der Waals surface area contributed by atoms with E-state index in [1.165, 1.54) is 0 Å². The van der Waals surface area contributed by atoms with Crippen LogP contribution in [0.25, 0.3) is 0 Å². The number of aromatic nitrogens is 1. The van der Waals surface area contributed by atoms with Crippen molar-refractivity contribution in [1.82, 2.24) is 10.3 Å². The third-order valence-corrected chi connectivity index (χ3v) is 4.11. The first-order valence-corrected chi connectivity index (χ1v) is 7.52. The molecular formula is C15H19N3OS. The largest absolute Gasteiger partial charge is 0.388 e. The summed E-state index contributed by atoms with van der Waals surface area (Å²) in [6, 6.07) is 5.71. The summed E-state index contributed by atoms with van der Waals surface area (Å²) in [5.41, 5.74) is 2.67. The molecule has 0 spiro atoms. The van der Waals surface area contributed by atoms with Crippen molar-refractivity contribution >= 4 is 22.9 Å². The topological polar surface area (TPSA) is 54.0 Å². The molecule has 0 aliphatic rings. The van der Waals surface area contributed by atoms with Gasteiger partial charge in [-0.3, -0.25) is 4.79 Å². The maximum atomic E-state index is 12.4. The summed E-state index contributed by atoms with van der Waals surface area (Å²) in [5.74, 6) is -0.0489. The summed E-state index contributed by atoms with van der Waals surface area (Å²) in [5, 5.41) is 9.00. The van der Waals surface area contributed by atoms with Crippen molar-refractivity contribution in [3.8, 4) is 0 Å². The molecule has 0 fully saturated rings. The van der Waals surface area contributed by atoms with Crippen LogP contribution in [0.2, 0.25) is 0 Å². The van der Waals surface area contributed by atoms with Crippen LogP contribution in [0.5, 0.6) is 0 Å². The SMILES string of the molecule is CCC(NC(=O)c1ccc(NC)cc1C)c1nccs1. The van der Waals surface area contributed by atoms with Crippen LogP contribution in [-0.4, -0.2) is 17.9 Å². The monoisotopic (exact) mass is 289 g/mol. The minimum atomic E-state index is -0.0489. The summed E-state index contributed by atoms with van der Waals surface area (Å²) in [7, 11) is 1.87. The summed E-state index contributed by atoms with van der Waals surface area (Å²) >= 11 is 1.57. The number of amides is 1. The van der Waals surface area contributed by atoms with Crippen LogP contribution in [-0.2, 0) is 0 Å². The first-order chi connectivity index (χ1) is 9.65. The average Bonchev–Trinajstić information content (AvgIpc) is 2.98. The molecule has 1 amide bonds. The Kier molecular flexibility index (Phi) is 4.74. The van der Waals surface area contributed by atoms with Gasteiger partial charge in [-0.25, -0.2) is 4.98 Å². The molecule has 2 aromatic rings. The molecular weight excluding hydrogens is 270 g/mol. The van der Waals surface area contributed by atoms with E-state index in [0.29, 0.717) is 5.56 Å². The number of anilines is 1. The van der Waals surface area contributed by atoms with Crippen molar-refractivity contribution in [1.29, 1.82) is 0 Å². The van der Waals surface area contributed by atoms with Gasteiger partial charge in [0.25, 0.3) is 5.91 Å². The fourth-order valence-electron chi connectivity index (χ4n) is 2.05. The second-order valence-corrected chi connectivity index (χ2v) is 5.51. The molecule has 1 atom stereocenters. The average molecular weight is 289 g/mol. The summed E-state index contributed by atoms with van der Waals surface area (Å²) in [4.78, 5) is 16.7. The quantitative estimate of drug-likeness (QED) is 0.887. The molecule has 106 valence electrons. The predicted octanol–water partition coefficient (Wildman–Crippen LogP) is 3.37. The fourth-order valence-corrected chi connectivity index (χ4v) is 2.83. The van der Waals surface area contributed by atoms with Gasteiger partial charge in [-0.15, -0.1) is 11.3 Å². The number of nitrogens with zero attached hydrogens (tertiary/aromatic N) is 1. The Hall–Kier alpha value is -1.88. The van der Waals surface area contributed by atoms with Crippen molar-refractivity contribution in [3.63, 3.8) is 0 Å². The van der Waals surface area contributed by atoms with Gasteiger partial charge >= 0.3 is 0 Å². The molecule has 0 saturated carbocycles. The van der Waals surface area contributed by atoms with E-state index in [9.17, 15) is 4.79 Å². The lowest BCUT2D eigenvalue weighted by Crippen LogP contribution is -2.28. The van der Waals surface area contributed by atoms with Crippen LogP contribution in [0.1, 0.15) is 40.3 Å². The number of carbonyl (C=O) groups is 1. The molecule has 0 aliphatic heterocycles. The first kappa shape index (κ1) is 14.5. The third kappa shape index (κ3) is 3.17. The first-order valence-electron chi connectivity index (χ1n) is 6.64. The number of hydrogen-bond donors (Lipinski definition) is 2. The fraction of sp³-hybridized carbons (Fsp3) is 0.333. The zero-order valence-corrected chi connectivity index (χ0v) is 12.8. The van der Waals surface area contributed by atoms with Crippen molar-refractivity contribution in [2.45, 2.75) is 26.3 Å². The Balaban J connectivity index is 2.15. The van der Waals surface area contributed by atoms with Gasteiger partial charge in [0.1, 0.15) is 5.01 Å². The zero-order chi connectivity index (χ0) is 14.5. The van der Waals surface area contributed by atoms with Crippen molar-refractivity contribution in [2.75, 3.05) is 12.4 Å². The predicted molar refractivity (Wildman–Crippen MR) is 83.3 cm³/mol. The van der Waals surface area contributed by atoms with E-state index in [1.807, 2.05) is 44.5 Å². The molecule has 5 heteroatoms. The highest BCUT2D eigenvalue weighted by atomic mass is 32.1. The van der Waals surface area contributed by atoms with Crippen LogP contribution in [0.3, 0.4) is 0 Å². The summed E-state index contributed by atoms with van der Waals surface area (Å²) in [6.07, 6.45) is 2.59. The van der Waals surface area contributed by atoms with Gasteiger partial charge in [0.2, 0.25) is 0 Å². The smallest absolute Gasteiger partial charge is 0.252 e. The molecule has 20 heavy (non-hydrogen) atoms. The van der Waals surface area contributed by atoms with Crippen LogP contribution >= 0.6 is 11.3 Å². The van der Waals surface area contributed by atoms with Gasteiger partial charge < -0.3 is 10.6 Å². The maximum absolute atomic E-state index is 12.4. The van der Waals surface area contributed by atoms with E-state index in [2.05, 4.69) is 15.6 Å². The van der Waals surface area contributed by atoms with Gasteiger partial charge in [0, 0.05) is 29.9 Å². The van der Waals surface area contributed by atoms with E-state index in [0.717, 1.165) is 22.7 Å². The van der Waals surface area contributed by atoms with Gasteiger partial charge in [-0.2, -0.15) is 0 Å². The van der Waals surface area contributed by atoms with E-state index < -0.39 is 0 Å². The molecule has 0 radical (unpaired) electrons. The number of nitrogens with one attached hydrogen (secondary N) is 2. The molecule has 1 aromatic heterocycles. The van der Waals surface area contributed by atoms with Crippen molar-refractivity contribution in [3.05, 3.63) is 45.9 Å². The van der Waals surface area contributed by atoms with E-state index in [-0.39, 0.29) is 11.9 Å². The van der Waals surface area contributed by atoms with Gasteiger partial charge in [-0.05, 0) is 37.1 Å². The lowest BCUT2D eigenvalue weighted by Gasteiger charge is -2.16. The molecule has 1 unspecified atom stereocenters. The van der Waals surface area contributed by atoms with Gasteiger partial charge in [-0.1, -0.05) is 6.92 Å². The van der Waals surface area contributed by atoms with E-state index in [4.69, 9.17) is 0 Å².